The molecule has 4 amide bonds. The summed E-state index contributed by atoms with van der Waals surface area (Å²) in [4.78, 5) is 49.5. The maximum Gasteiger partial charge on any atom is 0.271 e. The number of carbonyl (C=O) groups excluding carboxylic acids is 4. The third-order valence-electron chi connectivity index (χ3n) is 6.58. The second kappa shape index (κ2) is 15.2. The first-order valence-electron chi connectivity index (χ1n) is 14.1. The van der Waals surface area contributed by atoms with Crippen molar-refractivity contribution in [3.05, 3.63) is 167 Å². The molecule has 4 N–H and O–H groups in total. The summed E-state index contributed by atoms with van der Waals surface area (Å²) < 4.78 is 0. The van der Waals surface area contributed by atoms with Crippen molar-refractivity contribution in [3.8, 4) is 0 Å². The third-order valence-corrected chi connectivity index (χ3v) is 6.58. The maximum atomic E-state index is 12.5. The highest BCUT2D eigenvalue weighted by Gasteiger charge is 2.09. The van der Waals surface area contributed by atoms with E-state index in [-0.39, 0.29) is 11.8 Å². The Labute approximate surface area is 264 Å². The molecular formula is C36H28N6O4. The molecule has 0 saturated carbocycles. The number of anilines is 2. The van der Waals surface area contributed by atoms with Crippen LogP contribution in [0, 0.1) is 0 Å². The van der Waals surface area contributed by atoms with E-state index >= 15 is 0 Å². The minimum absolute atomic E-state index is 0.237. The summed E-state index contributed by atoms with van der Waals surface area (Å²) in [6.07, 6.45) is 3.00. The second-order valence-corrected chi connectivity index (χ2v) is 9.86. The van der Waals surface area contributed by atoms with Crippen LogP contribution in [0.25, 0.3) is 0 Å². The predicted molar refractivity (Wildman–Crippen MR) is 178 cm³/mol. The van der Waals surface area contributed by atoms with Crippen LogP contribution in [0.1, 0.15) is 52.6 Å². The highest BCUT2D eigenvalue weighted by Crippen LogP contribution is 2.13. The first-order chi connectivity index (χ1) is 22.4. The molecule has 10 nitrogen and oxygen atoms in total. The van der Waals surface area contributed by atoms with Gasteiger partial charge in [0.05, 0.1) is 12.4 Å². The van der Waals surface area contributed by atoms with Crippen molar-refractivity contribution in [2.24, 2.45) is 10.2 Å². The molecule has 0 aromatic heterocycles. The van der Waals surface area contributed by atoms with Crippen molar-refractivity contribution in [2.45, 2.75) is 0 Å². The zero-order valence-corrected chi connectivity index (χ0v) is 24.4. The van der Waals surface area contributed by atoms with Crippen LogP contribution in [0.3, 0.4) is 0 Å². The van der Waals surface area contributed by atoms with Crippen molar-refractivity contribution in [2.75, 3.05) is 10.6 Å². The minimum Gasteiger partial charge on any atom is -0.322 e. The van der Waals surface area contributed by atoms with Crippen LogP contribution in [0.5, 0.6) is 0 Å². The van der Waals surface area contributed by atoms with E-state index in [1.54, 1.807) is 121 Å². The van der Waals surface area contributed by atoms with Crippen LogP contribution in [0.4, 0.5) is 11.4 Å². The van der Waals surface area contributed by atoms with Gasteiger partial charge in [-0.3, -0.25) is 19.2 Å². The van der Waals surface area contributed by atoms with Crippen LogP contribution in [-0.2, 0) is 0 Å². The Bertz CT molecular complexity index is 1730. The second-order valence-electron chi connectivity index (χ2n) is 9.86. The molecule has 5 rings (SSSR count). The number of nitrogens with zero attached hydrogens (tertiary/aromatic N) is 2. The van der Waals surface area contributed by atoms with Gasteiger partial charge in [-0.15, -0.1) is 0 Å². The number of amides is 4. The Morgan fingerprint density at radius 2 is 0.717 bits per heavy atom. The fourth-order valence-corrected chi connectivity index (χ4v) is 4.12. The first-order valence-corrected chi connectivity index (χ1v) is 14.1. The van der Waals surface area contributed by atoms with Crippen LogP contribution >= 0.6 is 0 Å². The zero-order valence-electron chi connectivity index (χ0n) is 24.4. The van der Waals surface area contributed by atoms with Gasteiger partial charge in [0.25, 0.3) is 23.6 Å². The summed E-state index contributed by atoms with van der Waals surface area (Å²) in [6, 6.07) is 37.8. The topological polar surface area (TPSA) is 141 Å². The largest absolute Gasteiger partial charge is 0.322 e. The smallest absolute Gasteiger partial charge is 0.271 e. The molecule has 0 fully saturated rings. The van der Waals surface area contributed by atoms with Gasteiger partial charge in [-0.05, 0) is 83.9 Å². The molecule has 0 aliphatic carbocycles. The molecule has 5 aromatic carbocycles. The van der Waals surface area contributed by atoms with E-state index in [2.05, 4.69) is 31.7 Å². The lowest BCUT2D eigenvalue weighted by molar-refractivity contribution is 0.0947. The average molecular weight is 609 g/mol. The lowest BCUT2D eigenvalue weighted by Crippen LogP contribution is -2.18. The van der Waals surface area contributed by atoms with Gasteiger partial charge in [-0.25, -0.2) is 10.9 Å². The van der Waals surface area contributed by atoms with Crippen molar-refractivity contribution < 1.29 is 19.2 Å². The molecular weight excluding hydrogens is 580 g/mol. The summed E-state index contributed by atoms with van der Waals surface area (Å²) in [5.74, 6) is -1.27. The number of hydrazone groups is 2. The van der Waals surface area contributed by atoms with E-state index in [9.17, 15) is 19.2 Å². The first kappa shape index (κ1) is 30.8. The van der Waals surface area contributed by atoms with Crippen molar-refractivity contribution in [3.63, 3.8) is 0 Å². The van der Waals surface area contributed by atoms with Crippen molar-refractivity contribution in [1.82, 2.24) is 10.9 Å². The number of rotatable bonds is 10. The molecule has 46 heavy (non-hydrogen) atoms. The van der Waals surface area contributed by atoms with Gasteiger partial charge in [0.1, 0.15) is 0 Å². The molecule has 0 saturated heterocycles. The highest BCUT2D eigenvalue weighted by atomic mass is 16.2. The van der Waals surface area contributed by atoms with E-state index in [1.165, 1.54) is 12.4 Å². The van der Waals surface area contributed by atoms with E-state index < -0.39 is 11.8 Å². The maximum absolute atomic E-state index is 12.5. The van der Waals surface area contributed by atoms with E-state index in [4.69, 9.17) is 0 Å². The quantitative estimate of drug-likeness (QED) is 0.119. The number of benzene rings is 5. The van der Waals surface area contributed by atoms with Crippen molar-refractivity contribution >= 4 is 47.4 Å². The standard InChI is InChI=1S/C36H28N6O4/c43-33(27-7-3-1-4-8-27)39-31-19-15-29(16-20-31)35(45)41-37-23-25-11-13-26(14-12-25)24-38-42-36(46)30-17-21-32(22-18-30)40-34(44)28-9-5-2-6-10-28/h1-24H,(H,39,43)(H,40,44)(H,41,45)(H,42,46). The molecule has 10 heteroatoms. The molecule has 0 atom stereocenters. The van der Waals surface area contributed by atoms with Crippen LogP contribution in [0.15, 0.2) is 144 Å². The van der Waals surface area contributed by atoms with E-state index in [0.29, 0.717) is 33.6 Å². The Hall–Kier alpha value is -6.68. The van der Waals surface area contributed by atoms with Gasteiger partial charge >= 0.3 is 0 Å². The molecule has 0 aliphatic rings. The van der Waals surface area contributed by atoms with Crippen LogP contribution in [0.2, 0.25) is 0 Å². The molecule has 0 aliphatic heterocycles. The minimum atomic E-state index is -0.400. The van der Waals surface area contributed by atoms with E-state index in [0.717, 1.165) is 11.1 Å². The molecule has 0 unspecified atom stereocenters. The van der Waals surface area contributed by atoms with Crippen LogP contribution in [-0.4, -0.2) is 36.1 Å². The number of nitrogens with one attached hydrogen (secondary N) is 4. The fraction of sp³-hybridized carbons (Fsp3) is 0. The average Bonchev–Trinajstić information content (AvgIpc) is 3.10. The monoisotopic (exact) mass is 608 g/mol. The van der Waals surface area contributed by atoms with Crippen molar-refractivity contribution in [1.29, 1.82) is 0 Å². The molecule has 5 aromatic rings. The van der Waals surface area contributed by atoms with Crippen LogP contribution < -0.4 is 21.5 Å². The van der Waals surface area contributed by atoms with Gasteiger partial charge in [-0.1, -0.05) is 60.7 Å². The lowest BCUT2D eigenvalue weighted by Gasteiger charge is -2.06. The van der Waals surface area contributed by atoms with Gasteiger partial charge < -0.3 is 10.6 Å². The lowest BCUT2D eigenvalue weighted by atomic mass is 10.1. The van der Waals surface area contributed by atoms with Gasteiger partial charge in [-0.2, -0.15) is 10.2 Å². The van der Waals surface area contributed by atoms with Gasteiger partial charge in [0, 0.05) is 33.6 Å². The van der Waals surface area contributed by atoms with Gasteiger partial charge in [0.2, 0.25) is 0 Å². The van der Waals surface area contributed by atoms with E-state index in [1.807, 2.05) is 12.1 Å². The Balaban J connectivity index is 1.05. The number of hydrogen-bond acceptors (Lipinski definition) is 6. The summed E-state index contributed by atoms with van der Waals surface area (Å²) in [5, 5.41) is 13.6. The normalized spacial score (nSPS) is 10.8. The summed E-state index contributed by atoms with van der Waals surface area (Å²) >= 11 is 0. The number of hydrogen-bond donors (Lipinski definition) is 4. The molecule has 0 heterocycles. The Morgan fingerprint density at radius 3 is 1.07 bits per heavy atom. The molecule has 0 bridgehead atoms. The number of carbonyl (C=O) groups is 4. The van der Waals surface area contributed by atoms with Gasteiger partial charge in [0.15, 0.2) is 0 Å². The summed E-state index contributed by atoms with van der Waals surface area (Å²) in [7, 11) is 0. The fourth-order valence-electron chi connectivity index (χ4n) is 4.12. The molecule has 0 radical (unpaired) electrons. The Kier molecular flexibility index (Phi) is 10.1. The third kappa shape index (κ3) is 8.68. The summed E-state index contributed by atoms with van der Waals surface area (Å²) in [6.45, 7) is 0. The molecule has 226 valence electrons. The summed E-state index contributed by atoms with van der Waals surface area (Å²) in [5.41, 5.74) is 9.41. The SMILES string of the molecule is O=C(NN=Cc1ccc(C=NNC(=O)c2ccc(NC(=O)c3ccccc3)cc2)cc1)c1ccc(NC(=O)c2ccccc2)cc1. The highest BCUT2D eigenvalue weighted by molar-refractivity contribution is 6.05. The molecule has 0 spiro atoms. The predicted octanol–water partition coefficient (Wildman–Crippen LogP) is 5.72. The zero-order chi connectivity index (χ0) is 32.1. The Morgan fingerprint density at radius 1 is 0.391 bits per heavy atom.